The molecule has 0 aliphatic rings. The number of nitrogens with one attached hydrogen (secondary N) is 1. The lowest BCUT2D eigenvalue weighted by Gasteiger charge is -2.29. The fourth-order valence-electron chi connectivity index (χ4n) is 2.08. The molecule has 0 rings (SSSR count). The van der Waals surface area contributed by atoms with E-state index in [1.165, 1.54) is 0 Å². The Hall–Kier alpha value is -0.650. The molecule has 0 aromatic heterocycles. The van der Waals surface area contributed by atoms with Crippen molar-refractivity contribution in [2.24, 2.45) is 0 Å². The molecule has 0 heterocycles. The predicted molar refractivity (Wildman–Crippen MR) is 80.1 cm³/mol. The summed E-state index contributed by atoms with van der Waals surface area (Å²) in [4.78, 5) is 11.5. The first-order valence-electron chi connectivity index (χ1n) is 7.70. The van der Waals surface area contributed by atoms with Gasteiger partial charge in [0.2, 0.25) is 0 Å². The van der Waals surface area contributed by atoms with Crippen molar-refractivity contribution in [2.45, 2.75) is 65.0 Å². The highest BCUT2D eigenvalue weighted by Gasteiger charge is 2.35. The highest BCUT2D eigenvalue weighted by Crippen LogP contribution is 2.18. The third-order valence-electron chi connectivity index (χ3n) is 3.43. The summed E-state index contributed by atoms with van der Waals surface area (Å²) in [6, 6.07) is 0. The highest BCUT2D eigenvalue weighted by atomic mass is 16.5. The number of carboxylic acids is 1. The molecule has 120 valence electrons. The van der Waals surface area contributed by atoms with Crippen molar-refractivity contribution in [3.63, 3.8) is 0 Å². The van der Waals surface area contributed by atoms with Crippen molar-refractivity contribution in [1.82, 2.24) is 5.32 Å². The van der Waals surface area contributed by atoms with Crippen molar-refractivity contribution < 1.29 is 19.4 Å². The van der Waals surface area contributed by atoms with Gasteiger partial charge in [-0.1, -0.05) is 13.8 Å². The van der Waals surface area contributed by atoms with Crippen LogP contribution in [0.1, 0.15) is 53.4 Å². The molecule has 0 aromatic rings. The van der Waals surface area contributed by atoms with E-state index in [0.29, 0.717) is 32.7 Å². The minimum absolute atomic E-state index is 0.0550. The van der Waals surface area contributed by atoms with Gasteiger partial charge in [-0.05, 0) is 46.1 Å². The van der Waals surface area contributed by atoms with Gasteiger partial charge in [0.05, 0.1) is 12.7 Å². The van der Waals surface area contributed by atoms with Crippen molar-refractivity contribution >= 4 is 5.97 Å². The molecule has 5 heteroatoms. The Morgan fingerprint density at radius 2 is 2.05 bits per heavy atom. The lowest BCUT2D eigenvalue weighted by molar-refractivity contribution is -0.145. The molecule has 0 radical (unpaired) electrons. The van der Waals surface area contributed by atoms with Crippen LogP contribution in [-0.2, 0) is 14.3 Å². The second-order valence-corrected chi connectivity index (χ2v) is 5.11. The van der Waals surface area contributed by atoms with Crippen LogP contribution in [0.25, 0.3) is 0 Å². The van der Waals surface area contributed by atoms with Crippen LogP contribution in [0, 0.1) is 0 Å². The fourth-order valence-corrected chi connectivity index (χ4v) is 2.08. The first-order valence-corrected chi connectivity index (χ1v) is 7.70. The maximum atomic E-state index is 11.5. The van der Waals surface area contributed by atoms with Crippen LogP contribution in [0.3, 0.4) is 0 Å². The predicted octanol–water partition coefficient (Wildman–Crippen LogP) is 2.44. The normalized spacial score (nSPS) is 15.8. The molecule has 2 atom stereocenters. The zero-order chi connectivity index (χ0) is 15.4. The zero-order valence-corrected chi connectivity index (χ0v) is 13.4. The zero-order valence-electron chi connectivity index (χ0n) is 13.4. The Morgan fingerprint density at radius 3 is 2.55 bits per heavy atom. The average Bonchev–Trinajstić information content (AvgIpc) is 2.44. The van der Waals surface area contributed by atoms with Gasteiger partial charge >= 0.3 is 5.97 Å². The largest absolute Gasteiger partial charge is 0.480 e. The summed E-state index contributed by atoms with van der Waals surface area (Å²) in [6.45, 7) is 10.4. The maximum absolute atomic E-state index is 11.5. The molecule has 0 spiro atoms. The summed E-state index contributed by atoms with van der Waals surface area (Å²) < 4.78 is 10.9. The molecule has 0 aliphatic heterocycles. The van der Waals surface area contributed by atoms with Crippen LogP contribution >= 0.6 is 0 Å². The fraction of sp³-hybridized carbons (Fsp3) is 0.933. The van der Waals surface area contributed by atoms with Crippen molar-refractivity contribution in [2.75, 3.05) is 26.4 Å². The van der Waals surface area contributed by atoms with E-state index in [-0.39, 0.29) is 6.10 Å². The van der Waals surface area contributed by atoms with E-state index < -0.39 is 11.5 Å². The number of hydrogen-bond acceptors (Lipinski definition) is 4. The Labute approximate surface area is 123 Å². The highest BCUT2D eigenvalue weighted by molar-refractivity contribution is 5.78. The molecule has 20 heavy (non-hydrogen) atoms. The number of carbonyl (C=O) groups is 1. The van der Waals surface area contributed by atoms with Crippen molar-refractivity contribution in [1.29, 1.82) is 0 Å². The standard InChI is InChI=1S/C15H31NO4/c1-5-10-16-15(6-2,14(17)18)9-8-11-20-13(4)12-19-7-3/h13,16H,5-12H2,1-4H3,(H,17,18). The van der Waals surface area contributed by atoms with Crippen LogP contribution in [0.15, 0.2) is 0 Å². The van der Waals surface area contributed by atoms with Crippen molar-refractivity contribution in [3.05, 3.63) is 0 Å². The van der Waals surface area contributed by atoms with Crippen molar-refractivity contribution in [3.8, 4) is 0 Å². The van der Waals surface area contributed by atoms with Gasteiger partial charge in [-0.25, -0.2) is 0 Å². The number of carboxylic acid groups (broad SMARTS) is 1. The number of hydrogen-bond donors (Lipinski definition) is 2. The van der Waals surface area contributed by atoms with Crippen LogP contribution in [0.4, 0.5) is 0 Å². The molecule has 5 nitrogen and oxygen atoms in total. The first kappa shape index (κ1) is 19.4. The molecule has 2 N–H and O–H groups in total. The Morgan fingerprint density at radius 1 is 1.35 bits per heavy atom. The average molecular weight is 289 g/mol. The van der Waals surface area contributed by atoms with Gasteiger partial charge in [-0.2, -0.15) is 0 Å². The third-order valence-corrected chi connectivity index (χ3v) is 3.43. The summed E-state index contributed by atoms with van der Waals surface area (Å²) in [7, 11) is 0. The van der Waals surface area contributed by atoms with E-state index in [1.807, 2.05) is 27.7 Å². The summed E-state index contributed by atoms with van der Waals surface area (Å²) in [5.41, 5.74) is -0.817. The Bertz CT molecular complexity index is 260. The second kappa shape index (κ2) is 11.1. The van der Waals surface area contributed by atoms with E-state index >= 15 is 0 Å². The molecule has 2 unspecified atom stereocenters. The first-order chi connectivity index (χ1) is 9.52. The molecule has 0 aromatic carbocycles. The number of ether oxygens (including phenoxy) is 2. The van der Waals surface area contributed by atoms with Gasteiger partial charge in [-0.15, -0.1) is 0 Å². The summed E-state index contributed by atoms with van der Waals surface area (Å²) in [5.74, 6) is -0.768. The Kier molecular flexibility index (Phi) is 10.7. The number of rotatable bonds is 13. The molecule has 0 saturated carbocycles. The molecule has 0 fully saturated rings. The van der Waals surface area contributed by atoms with Gasteiger partial charge in [-0.3, -0.25) is 4.79 Å². The monoisotopic (exact) mass is 289 g/mol. The Balaban J connectivity index is 4.10. The molecule has 0 saturated heterocycles. The van der Waals surface area contributed by atoms with Gasteiger partial charge < -0.3 is 19.9 Å². The maximum Gasteiger partial charge on any atom is 0.323 e. The smallest absolute Gasteiger partial charge is 0.323 e. The van der Waals surface area contributed by atoms with Crippen LogP contribution in [0.5, 0.6) is 0 Å². The summed E-state index contributed by atoms with van der Waals surface area (Å²) >= 11 is 0. The SMILES string of the molecule is CCCNC(CC)(CCCOC(C)COCC)C(=O)O. The van der Waals surface area contributed by atoms with E-state index in [4.69, 9.17) is 9.47 Å². The molecular weight excluding hydrogens is 258 g/mol. The number of aliphatic carboxylic acids is 1. The minimum atomic E-state index is -0.817. The van der Waals surface area contributed by atoms with Gasteiger partial charge in [0.15, 0.2) is 0 Å². The van der Waals surface area contributed by atoms with E-state index in [9.17, 15) is 9.90 Å². The van der Waals surface area contributed by atoms with Crippen LogP contribution < -0.4 is 5.32 Å². The van der Waals surface area contributed by atoms with Crippen LogP contribution in [0.2, 0.25) is 0 Å². The molecule has 0 aliphatic carbocycles. The molecule has 0 bridgehead atoms. The summed E-state index contributed by atoms with van der Waals surface area (Å²) in [6.07, 6.45) is 2.88. The van der Waals surface area contributed by atoms with Crippen LogP contribution in [-0.4, -0.2) is 49.1 Å². The van der Waals surface area contributed by atoms with Gasteiger partial charge in [0.25, 0.3) is 0 Å². The lowest BCUT2D eigenvalue weighted by Crippen LogP contribution is -2.52. The lowest BCUT2D eigenvalue weighted by atomic mass is 9.90. The second-order valence-electron chi connectivity index (χ2n) is 5.11. The molecule has 0 amide bonds. The van der Waals surface area contributed by atoms with Gasteiger partial charge in [0.1, 0.15) is 5.54 Å². The molecular formula is C15H31NO4. The van der Waals surface area contributed by atoms with E-state index in [2.05, 4.69) is 5.32 Å². The van der Waals surface area contributed by atoms with E-state index in [0.717, 1.165) is 19.4 Å². The topological polar surface area (TPSA) is 67.8 Å². The quantitative estimate of drug-likeness (QED) is 0.510. The minimum Gasteiger partial charge on any atom is -0.480 e. The third kappa shape index (κ3) is 7.22. The van der Waals surface area contributed by atoms with E-state index in [1.54, 1.807) is 0 Å². The van der Waals surface area contributed by atoms with Gasteiger partial charge in [0, 0.05) is 13.2 Å². The summed E-state index contributed by atoms with van der Waals surface area (Å²) in [5, 5.41) is 12.6.